The van der Waals surface area contributed by atoms with Crippen LogP contribution in [0.3, 0.4) is 0 Å². The molecule has 94 valence electrons. The monoisotopic (exact) mass is 229 g/mol. The summed E-state index contributed by atoms with van der Waals surface area (Å²) in [6.07, 6.45) is 1.98. The van der Waals surface area contributed by atoms with E-state index in [0.717, 1.165) is 19.4 Å². The molecule has 0 bridgehead atoms. The second-order valence-corrected chi connectivity index (χ2v) is 5.20. The molecule has 1 aliphatic heterocycles. The van der Waals surface area contributed by atoms with Gasteiger partial charge in [-0.15, -0.1) is 0 Å². The summed E-state index contributed by atoms with van der Waals surface area (Å²) < 4.78 is 10.7. The topological polar surface area (TPSA) is 38.8 Å². The van der Waals surface area contributed by atoms with Gasteiger partial charge in [-0.2, -0.15) is 0 Å². The molecular formula is C12H23NO3. The minimum atomic E-state index is -0.744. The third kappa shape index (κ3) is 2.74. The van der Waals surface area contributed by atoms with E-state index in [4.69, 9.17) is 9.47 Å². The number of hydrogen-bond donors (Lipinski definition) is 0. The Morgan fingerprint density at radius 2 is 2.00 bits per heavy atom. The molecule has 1 heterocycles. The molecule has 4 nitrogen and oxygen atoms in total. The lowest BCUT2D eigenvalue weighted by atomic mass is 9.93. The van der Waals surface area contributed by atoms with Crippen LogP contribution in [0.1, 0.15) is 33.6 Å². The van der Waals surface area contributed by atoms with E-state index in [2.05, 4.69) is 0 Å². The normalized spacial score (nSPS) is 26.9. The minimum Gasteiger partial charge on any atom is -0.377 e. The number of piperidine rings is 1. The van der Waals surface area contributed by atoms with Gasteiger partial charge in [0.15, 0.2) is 0 Å². The van der Waals surface area contributed by atoms with E-state index >= 15 is 0 Å². The summed E-state index contributed by atoms with van der Waals surface area (Å²) in [6, 6.07) is 0. The zero-order valence-corrected chi connectivity index (χ0v) is 11.0. The van der Waals surface area contributed by atoms with Crippen LogP contribution in [-0.4, -0.2) is 49.3 Å². The minimum absolute atomic E-state index is 0.0398. The summed E-state index contributed by atoms with van der Waals surface area (Å²) in [5.74, 6) is 0.0398. The summed E-state index contributed by atoms with van der Waals surface area (Å²) in [7, 11) is 3.27. The molecule has 0 saturated carbocycles. The first kappa shape index (κ1) is 13.5. The molecule has 0 N–H and O–H groups in total. The van der Waals surface area contributed by atoms with Crippen molar-refractivity contribution in [2.75, 3.05) is 27.3 Å². The average Bonchev–Trinajstić information content (AvgIpc) is 2.28. The average molecular weight is 229 g/mol. The van der Waals surface area contributed by atoms with Gasteiger partial charge >= 0.3 is 0 Å². The molecular weight excluding hydrogens is 206 g/mol. The van der Waals surface area contributed by atoms with Crippen molar-refractivity contribution in [1.29, 1.82) is 0 Å². The van der Waals surface area contributed by atoms with Gasteiger partial charge in [0.2, 0.25) is 0 Å². The van der Waals surface area contributed by atoms with Crippen molar-refractivity contribution in [3.8, 4) is 0 Å². The Bertz CT molecular complexity index is 265. The van der Waals surface area contributed by atoms with E-state index in [1.165, 1.54) is 0 Å². The smallest absolute Gasteiger partial charge is 0.254 e. The Morgan fingerprint density at radius 1 is 1.38 bits per heavy atom. The lowest BCUT2D eigenvalue weighted by Crippen LogP contribution is -2.55. The van der Waals surface area contributed by atoms with E-state index in [0.29, 0.717) is 6.54 Å². The maximum atomic E-state index is 12.2. The quantitative estimate of drug-likeness (QED) is 0.735. The van der Waals surface area contributed by atoms with Crippen molar-refractivity contribution in [3.05, 3.63) is 0 Å². The van der Waals surface area contributed by atoms with Crippen LogP contribution < -0.4 is 0 Å². The van der Waals surface area contributed by atoms with E-state index < -0.39 is 5.60 Å². The molecule has 4 heteroatoms. The first-order valence-corrected chi connectivity index (χ1v) is 5.74. The van der Waals surface area contributed by atoms with Crippen molar-refractivity contribution < 1.29 is 14.3 Å². The Labute approximate surface area is 97.9 Å². The van der Waals surface area contributed by atoms with Crippen molar-refractivity contribution in [3.63, 3.8) is 0 Å². The number of carbonyl (C=O) groups is 1. The zero-order chi connectivity index (χ0) is 12.4. The van der Waals surface area contributed by atoms with Gasteiger partial charge in [0, 0.05) is 27.3 Å². The molecule has 0 aromatic rings. The van der Waals surface area contributed by atoms with Gasteiger partial charge < -0.3 is 14.4 Å². The second-order valence-electron chi connectivity index (χ2n) is 5.20. The van der Waals surface area contributed by atoms with Gasteiger partial charge in [-0.3, -0.25) is 4.79 Å². The number of ether oxygens (including phenoxy) is 2. The van der Waals surface area contributed by atoms with Gasteiger partial charge in [0.1, 0.15) is 5.60 Å². The van der Waals surface area contributed by atoms with Gasteiger partial charge in [0.05, 0.1) is 5.60 Å². The number of methoxy groups -OCH3 is 2. The third-order valence-corrected chi connectivity index (χ3v) is 3.46. The Morgan fingerprint density at radius 3 is 2.50 bits per heavy atom. The predicted octanol–water partition coefficient (Wildman–Crippen LogP) is 1.44. The standard InChI is InChI=1S/C12H23NO3/c1-11(2,15-4)10(14)13-8-6-7-12(3,9-13)16-5/h6-9H2,1-5H3. The summed E-state index contributed by atoms with van der Waals surface area (Å²) in [6.45, 7) is 7.09. The molecule has 1 atom stereocenters. The number of hydrogen-bond acceptors (Lipinski definition) is 3. The molecule has 0 spiro atoms. The molecule has 1 rings (SSSR count). The largest absolute Gasteiger partial charge is 0.377 e. The first-order valence-electron chi connectivity index (χ1n) is 5.74. The van der Waals surface area contributed by atoms with Crippen LogP contribution in [0.4, 0.5) is 0 Å². The Kier molecular flexibility index (Phi) is 3.97. The first-order chi connectivity index (χ1) is 7.34. The number of amides is 1. The van der Waals surface area contributed by atoms with Crippen molar-refractivity contribution in [2.45, 2.75) is 44.8 Å². The second kappa shape index (κ2) is 4.72. The molecule has 0 aromatic heterocycles. The summed E-state index contributed by atoms with van der Waals surface area (Å²) >= 11 is 0. The van der Waals surface area contributed by atoms with Gasteiger partial charge in [-0.25, -0.2) is 0 Å². The highest BCUT2D eigenvalue weighted by Gasteiger charge is 2.38. The number of rotatable bonds is 3. The molecule has 16 heavy (non-hydrogen) atoms. The maximum Gasteiger partial charge on any atom is 0.254 e. The van der Waals surface area contributed by atoms with Gasteiger partial charge in [-0.05, 0) is 33.6 Å². The van der Waals surface area contributed by atoms with E-state index in [-0.39, 0.29) is 11.5 Å². The van der Waals surface area contributed by atoms with Gasteiger partial charge in [-0.1, -0.05) is 0 Å². The number of likely N-dealkylation sites (tertiary alicyclic amines) is 1. The molecule has 1 unspecified atom stereocenters. The summed E-state index contributed by atoms with van der Waals surface area (Å²) in [5.41, 5.74) is -0.955. The molecule has 0 aromatic carbocycles. The summed E-state index contributed by atoms with van der Waals surface area (Å²) in [4.78, 5) is 14.0. The highest BCUT2D eigenvalue weighted by Crippen LogP contribution is 2.26. The SMILES string of the molecule is COC1(C)CCCN(C(=O)C(C)(C)OC)C1. The Balaban J connectivity index is 2.71. The third-order valence-electron chi connectivity index (χ3n) is 3.46. The van der Waals surface area contributed by atoms with Crippen LogP contribution in [0.25, 0.3) is 0 Å². The summed E-state index contributed by atoms with van der Waals surface area (Å²) in [5, 5.41) is 0. The van der Waals surface area contributed by atoms with Crippen LogP contribution >= 0.6 is 0 Å². The molecule has 0 aliphatic carbocycles. The molecule has 0 radical (unpaired) electrons. The van der Waals surface area contributed by atoms with Crippen LogP contribution in [0, 0.1) is 0 Å². The fraction of sp³-hybridized carbons (Fsp3) is 0.917. The number of carbonyl (C=O) groups excluding carboxylic acids is 1. The van der Waals surface area contributed by atoms with Crippen molar-refractivity contribution in [1.82, 2.24) is 4.90 Å². The maximum absolute atomic E-state index is 12.2. The highest BCUT2D eigenvalue weighted by molar-refractivity contribution is 5.84. The predicted molar refractivity (Wildman–Crippen MR) is 62.3 cm³/mol. The lowest BCUT2D eigenvalue weighted by molar-refractivity contribution is -0.158. The fourth-order valence-electron chi connectivity index (χ4n) is 2.01. The highest BCUT2D eigenvalue weighted by atomic mass is 16.5. The lowest BCUT2D eigenvalue weighted by Gasteiger charge is -2.41. The van der Waals surface area contributed by atoms with Crippen molar-refractivity contribution in [2.24, 2.45) is 0 Å². The van der Waals surface area contributed by atoms with Crippen LogP contribution in [-0.2, 0) is 14.3 Å². The van der Waals surface area contributed by atoms with Crippen LogP contribution in [0.2, 0.25) is 0 Å². The van der Waals surface area contributed by atoms with E-state index in [1.54, 1.807) is 28.1 Å². The zero-order valence-electron chi connectivity index (χ0n) is 11.0. The van der Waals surface area contributed by atoms with E-state index in [9.17, 15) is 4.79 Å². The molecule has 1 aliphatic rings. The van der Waals surface area contributed by atoms with Crippen LogP contribution in [0.5, 0.6) is 0 Å². The van der Waals surface area contributed by atoms with Crippen LogP contribution in [0.15, 0.2) is 0 Å². The van der Waals surface area contributed by atoms with Gasteiger partial charge in [0.25, 0.3) is 5.91 Å². The molecule has 1 amide bonds. The molecule has 1 fully saturated rings. The Hall–Kier alpha value is -0.610. The van der Waals surface area contributed by atoms with E-state index in [1.807, 2.05) is 11.8 Å². The fourth-order valence-corrected chi connectivity index (χ4v) is 2.01. The molecule has 1 saturated heterocycles. The number of nitrogens with zero attached hydrogens (tertiary/aromatic N) is 1. The van der Waals surface area contributed by atoms with Crippen molar-refractivity contribution >= 4 is 5.91 Å².